The smallest absolute Gasteiger partial charge is 0.258 e. The molecule has 0 aliphatic carbocycles. The summed E-state index contributed by atoms with van der Waals surface area (Å²) < 4.78 is 0. The Balaban J connectivity index is 2.53. The third-order valence-corrected chi connectivity index (χ3v) is 2.86. The molecule has 7 nitrogen and oxygen atoms in total. The maximum absolute atomic E-state index is 11.0. The summed E-state index contributed by atoms with van der Waals surface area (Å²) in [4.78, 5) is 25.1. The Morgan fingerprint density at radius 3 is 2.05 bits per heavy atom. The van der Waals surface area contributed by atoms with Crippen molar-refractivity contribution in [2.75, 3.05) is 0 Å². The summed E-state index contributed by atoms with van der Waals surface area (Å²) in [6.07, 6.45) is 0. The van der Waals surface area contributed by atoms with E-state index >= 15 is 0 Å². The van der Waals surface area contributed by atoms with Crippen LogP contribution in [-0.4, -0.2) is 15.6 Å². The van der Waals surface area contributed by atoms with Gasteiger partial charge in [0.1, 0.15) is 5.69 Å². The number of hydrogen-bond acceptors (Lipinski definition) is 5. The minimum Gasteiger partial charge on any atom is -0.258 e. The normalized spacial score (nSPS) is 11.2. The lowest BCUT2D eigenvalue weighted by Crippen LogP contribution is -2.01. The molecule has 21 heavy (non-hydrogen) atoms. The molecule has 0 aliphatic rings. The van der Waals surface area contributed by atoms with E-state index in [0.29, 0.717) is 11.3 Å². The van der Waals surface area contributed by atoms with Gasteiger partial charge < -0.3 is 0 Å². The Labute approximate surface area is 119 Å². The van der Waals surface area contributed by atoms with Crippen LogP contribution in [0.25, 0.3) is 0 Å². The van der Waals surface area contributed by atoms with Crippen molar-refractivity contribution >= 4 is 22.8 Å². The maximum Gasteiger partial charge on any atom is 0.294 e. The Bertz CT molecular complexity index is 741. The van der Waals surface area contributed by atoms with Gasteiger partial charge in [-0.25, -0.2) is 4.99 Å². The first-order valence-electron chi connectivity index (χ1n) is 6.03. The van der Waals surface area contributed by atoms with Gasteiger partial charge in [-0.3, -0.25) is 20.2 Å². The highest BCUT2D eigenvalue weighted by Crippen LogP contribution is 2.28. The van der Waals surface area contributed by atoms with E-state index in [1.54, 1.807) is 31.2 Å². The fourth-order valence-electron chi connectivity index (χ4n) is 1.89. The second kappa shape index (κ2) is 5.91. The molecule has 2 aromatic carbocycles. The number of nitrogens with zero attached hydrogens (tertiary/aromatic N) is 3. The van der Waals surface area contributed by atoms with Gasteiger partial charge in [-0.1, -0.05) is 24.3 Å². The lowest BCUT2D eigenvalue weighted by Gasteiger charge is -2.03. The molecule has 0 unspecified atom stereocenters. The van der Waals surface area contributed by atoms with E-state index in [2.05, 4.69) is 4.99 Å². The zero-order chi connectivity index (χ0) is 15.4. The van der Waals surface area contributed by atoms with Crippen LogP contribution in [0.15, 0.2) is 53.5 Å². The van der Waals surface area contributed by atoms with E-state index in [4.69, 9.17) is 0 Å². The quantitative estimate of drug-likeness (QED) is 0.486. The van der Waals surface area contributed by atoms with Gasteiger partial charge in [0.25, 0.3) is 11.4 Å². The van der Waals surface area contributed by atoms with Crippen LogP contribution in [0.4, 0.5) is 17.1 Å². The van der Waals surface area contributed by atoms with Crippen LogP contribution in [0.1, 0.15) is 12.5 Å². The number of hydrogen-bond donors (Lipinski definition) is 0. The van der Waals surface area contributed by atoms with Crippen molar-refractivity contribution in [3.05, 3.63) is 74.3 Å². The molecule has 0 fully saturated rings. The van der Waals surface area contributed by atoms with Crippen LogP contribution in [0, 0.1) is 20.2 Å². The molecule has 7 heteroatoms. The number of rotatable bonds is 4. The lowest BCUT2D eigenvalue weighted by molar-refractivity contribution is -0.385. The maximum atomic E-state index is 11.0. The van der Waals surface area contributed by atoms with E-state index in [1.807, 2.05) is 0 Å². The number of nitro benzene ring substituents is 2. The van der Waals surface area contributed by atoms with E-state index < -0.39 is 9.85 Å². The van der Waals surface area contributed by atoms with Crippen LogP contribution in [0.2, 0.25) is 0 Å². The molecule has 0 aliphatic heterocycles. The van der Waals surface area contributed by atoms with Crippen molar-refractivity contribution < 1.29 is 9.85 Å². The Morgan fingerprint density at radius 2 is 1.43 bits per heavy atom. The minimum atomic E-state index is -0.536. The van der Waals surface area contributed by atoms with Gasteiger partial charge in [0.15, 0.2) is 0 Å². The van der Waals surface area contributed by atoms with Gasteiger partial charge in [0.05, 0.1) is 21.1 Å². The van der Waals surface area contributed by atoms with Crippen molar-refractivity contribution in [3.63, 3.8) is 0 Å². The highest BCUT2D eigenvalue weighted by Gasteiger charge is 2.17. The predicted octanol–water partition coefficient (Wildman–Crippen LogP) is 3.64. The van der Waals surface area contributed by atoms with Crippen LogP contribution in [0.3, 0.4) is 0 Å². The summed E-state index contributed by atoms with van der Waals surface area (Å²) in [5.41, 5.74) is 0.614. The molecule has 0 bridgehead atoms. The Hall–Kier alpha value is -3.09. The van der Waals surface area contributed by atoms with Crippen molar-refractivity contribution in [2.45, 2.75) is 6.92 Å². The third kappa shape index (κ3) is 3.08. The monoisotopic (exact) mass is 285 g/mol. The van der Waals surface area contributed by atoms with Crippen molar-refractivity contribution in [1.29, 1.82) is 0 Å². The molecule has 0 N–H and O–H groups in total. The third-order valence-electron chi connectivity index (χ3n) is 2.86. The van der Waals surface area contributed by atoms with E-state index in [1.165, 1.54) is 24.3 Å². The summed E-state index contributed by atoms with van der Waals surface area (Å²) in [5, 5.41) is 21.9. The van der Waals surface area contributed by atoms with E-state index in [-0.39, 0.29) is 17.1 Å². The van der Waals surface area contributed by atoms with Crippen LogP contribution >= 0.6 is 0 Å². The number of para-hydroxylation sites is 3. The van der Waals surface area contributed by atoms with Crippen LogP contribution in [0.5, 0.6) is 0 Å². The molecule has 2 aromatic rings. The predicted molar refractivity (Wildman–Crippen MR) is 78.1 cm³/mol. The Morgan fingerprint density at radius 1 is 0.905 bits per heavy atom. The largest absolute Gasteiger partial charge is 0.294 e. The zero-order valence-electron chi connectivity index (χ0n) is 11.1. The first-order valence-corrected chi connectivity index (χ1v) is 6.03. The molecule has 0 aromatic heterocycles. The van der Waals surface area contributed by atoms with E-state index in [0.717, 1.165) is 0 Å². The summed E-state index contributed by atoms with van der Waals surface area (Å²) in [6, 6.07) is 12.1. The second-order valence-corrected chi connectivity index (χ2v) is 4.22. The highest BCUT2D eigenvalue weighted by molar-refractivity contribution is 6.03. The second-order valence-electron chi connectivity index (χ2n) is 4.22. The fraction of sp³-hybridized carbons (Fsp3) is 0.0714. The average Bonchev–Trinajstić information content (AvgIpc) is 2.47. The molecule has 0 saturated heterocycles. The molecular weight excluding hydrogens is 274 g/mol. The highest BCUT2D eigenvalue weighted by atomic mass is 16.6. The standard InChI is InChI=1S/C14H11N3O4/c1-10(11-6-2-4-8-13(11)16(18)19)15-12-7-3-5-9-14(12)17(20)21/h2-9H,1H3. The topological polar surface area (TPSA) is 98.6 Å². The summed E-state index contributed by atoms with van der Waals surface area (Å²) in [7, 11) is 0. The van der Waals surface area contributed by atoms with Crippen molar-refractivity contribution in [1.82, 2.24) is 0 Å². The lowest BCUT2D eigenvalue weighted by atomic mass is 10.1. The fourth-order valence-corrected chi connectivity index (χ4v) is 1.89. The van der Waals surface area contributed by atoms with Gasteiger partial charge in [-0.2, -0.15) is 0 Å². The first kappa shape index (κ1) is 14.3. The molecule has 0 amide bonds. The molecule has 106 valence electrons. The van der Waals surface area contributed by atoms with Crippen LogP contribution < -0.4 is 0 Å². The van der Waals surface area contributed by atoms with E-state index in [9.17, 15) is 20.2 Å². The number of aliphatic imine (C=N–C) groups is 1. The van der Waals surface area contributed by atoms with Crippen LogP contribution in [-0.2, 0) is 0 Å². The minimum absolute atomic E-state index is 0.0858. The molecule has 2 rings (SSSR count). The van der Waals surface area contributed by atoms with Gasteiger partial charge in [-0.15, -0.1) is 0 Å². The van der Waals surface area contributed by atoms with Gasteiger partial charge in [0, 0.05) is 12.1 Å². The molecule has 0 heterocycles. The first-order chi connectivity index (χ1) is 10.0. The van der Waals surface area contributed by atoms with Crippen molar-refractivity contribution in [2.24, 2.45) is 4.99 Å². The van der Waals surface area contributed by atoms with Gasteiger partial charge in [0.2, 0.25) is 0 Å². The average molecular weight is 285 g/mol. The summed E-state index contributed by atoms with van der Waals surface area (Å²) >= 11 is 0. The zero-order valence-corrected chi connectivity index (χ0v) is 11.1. The summed E-state index contributed by atoms with van der Waals surface area (Å²) in [6.45, 7) is 1.58. The van der Waals surface area contributed by atoms with Crippen molar-refractivity contribution in [3.8, 4) is 0 Å². The number of nitro groups is 2. The summed E-state index contributed by atoms with van der Waals surface area (Å²) in [5.74, 6) is 0. The molecule has 0 saturated carbocycles. The SMILES string of the molecule is CC(=Nc1ccccc1[N+](=O)[O-])c1ccccc1[N+](=O)[O-]. The molecule has 0 spiro atoms. The molecular formula is C14H11N3O4. The molecule has 0 radical (unpaired) electrons. The molecule has 0 atom stereocenters. The number of benzene rings is 2. The van der Waals surface area contributed by atoms with Gasteiger partial charge in [-0.05, 0) is 19.1 Å². The Kier molecular flexibility index (Phi) is 4.03. The van der Waals surface area contributed by atoms with Gasteiger partial charge >= 0.3 is 0 Å².